The summed E-state index contributed by atoms with van der Waals surface area (Å²) in [6, 6.07) is 21.7. The summed E-state index contributed by atoms with van der Waals surface area (Å²) in [6.45, 7) is 5.35. The van der Waals surface area contributed by atoms with Gasteiger partial charge in [-0.05, 0) is 43.3 Å². The Balaban J connectivity index is 1.31. The smallest absolute Gasteiger partial charge is 0.289 e. The molecule has 0 N–H and O–H groups in total. The summed E-state index contributed by atoms with van der Waals surface area (Å²) in [7, 11) is 0. The highest BCUT2D eigenvalue weighted by Gasteiger charge is 2.24. The van der Waals surface area contributed by atoms with E-state index in [0.717, 1.165) is 18.8 Å². The Kier molecular flexibility index (Phi) is 5.33. The van der Waals surface area contributed by atoms with E-state index in [0.29, 0.717) is 31.2 Å². The van der Waals surface area contributed by atoms with E-state index < -0.39 is 0 Å². The standard InChI is InChI=1S/C23H24N2O3/c1-18-7-9-20(10-8-18)27-17-21-11-12-22(28-21)23(26)25-15-13-24(14-16-25)19-5-3-2-4-6-19/h2-12H,13-17H2,1H3. The summed E-state index contributed by atoms with van der Waals surface area (Å²) in [5.41, 5.74) is 2.38. The molecule has 0 bridgehead atoms. The van der Waals surface area contributed by atoms with Gasteiger partial charge in [-0.1, -0.05) is 35.9 Å². The lowest BCUT2D eigenvalue weighted by atomic mass is 10.2. The number of hydrogen-bond donors (Lipinski definition) is 0. The zero-order valence-electron chi connectivity index (χ0n) is 16.0. The molecule has 4 rings (SSSR count). The highest BCUT2D eigenvalue weighted by atomic mass is 16.5. The van der Waals surface area contributed by atoms with E-state index in [9.17, 15) is 4.79 Å². The molecule has 1 saturated heterocycles. The first kappa shape index (κ1) is 18.2. The molecule has 1 fully saturated rings. The lowest BCUT2D eigenvalue weighted by Gasteiger charge is -2.35. The number of carbonyl (C=O) groups excluding carboxylic acids is 1. The van der Waals surface area contributed by atoms with Crippen LogP contribution in [0.15, 0.2) is 71.1 Å². The third-order valence-corrected chi connectivity index (χ3v) is 4.96. The van der Waals surface area contributed by atoms with Crippen LogP contribution in [0.2, 0.25) is 0 Å². The van der Waals surface area contributed by atoms with E-state index in [1.807, 2.05) is 60.4 Å². The predicted octanol–water partition coefficient (Wildman–Crippen LogP) is 4.13. The minimum absolute atomic E-state index is 0.0608. The van der Waals surface area contributed by atoms with Crippen LogP contribution in [0.25, 0.3) is 0 Å². The number of furan rings is 1. The molecule has 5 heteroatoms. The molecule has 0 unspecified atom stereocenters. The number of amides is 1. The fourth-order valence-electron chi connectivity index (χ4n) is 3.32. The number of rotatable bonds is 5. The first-order valence-electron chi connectivity index (χ1n) is 9.56. The number of piperazine rings is 1. The van der Waals surface area contributed by atoms with Crippen LogP contribution in [0.3, 0.4) is 0 Å². The van der Waals surface area contributed by atoms with Crippen molar-refractivity contribution in [3.63, 3.8) is 0 Å². The van der Waals surface area contributed by atoms with E-state index in [2.05, 4.69) is 17.0 Å². The normalized spacial score (nSPS) is 14.2. The molecule has 0 spiro atoms. The molecule has 5 nitrogen and oxygen atoms in total. The molecule has 0 aliphatic carbocycles. The van der Waals surface area contributed by atoms with E-state index in [-0.39, 0.29) is 5.91 Å². The molecule has 2 heterocycles. The maximum Gasteiger partial charge on any atom is 0.289 e. The van der Waals surface area contributed by atoms with Gasteiger partial charge < -0.3 is 19.0 Å². The maximum absolute atomic E-state index is 12.7. The first-order chi connectivity index (χ1) is 13.7. The second kappa shape index (κ2) is 8.21. The Morgan fingerprint density at radius 3 is 2.36 bits per heavy atom. The van der Waals surface area contributed by atoms with Gasteiger partial charge in [0.1, 0.15) is 18.1 Å². The average Bonchev–Trinajstić information content (AvgIpc) is 3.23. The molecule has 1 aliphatic rings. The van der Waals surface area contributed by atoms with Crippen LogP contribution in [0.1, 0.15) is 21.9 Å². The first-order valence-corrected chi connectivity index (χ1v) is 9.56. The van der Waals surface area contributed by atoms with Crippen LogP contribution < -0.4 is 9.64 Å². The highest BCUT2D eigenvalue weighted by molar-refractivity contribution is 5.91. The molecule has 3 aromatic rings. The van der Waals surface area contributed by atoms with Crippen molar-refractivity contribution in [2.75, 3.05) is 31.1 Å². The number of nitrogens with zero attached hydrogens (tertiary/aromatic N) is 2. The van der Waals surface area contributed by atoms with E-state index in [4.69, 9.17) is 9.15 Å². The minimum Gasteiger partial charge on any atom is -0.486 e. The number of ether oxygens (including phenoxy) is 1. The molecular formula is C23H24N2O3. The fraction of sp³-hybridized carbons (Fsp3) is 0.261. The Labute approximate surface area is 165 Å². The highest BCUT2D eigenvalue weighted by Crippen LogP contribution is 2.19. The topological polar surface area (TPSA) is 45.9 Å². The van der Waals surface area contributed by atoms with Crippen molar-refractivity contribution in [1.29, 1.82) is 0 Å². The van der Waals surface area contributed by atoms with Gasteiger partial charge in [0.25, 0.3) is 5.91 Å². The monoisotopic (exact) mass is 376 g/mol. The van der Waals surface area contributed by atoms with Gasteiger partial charge >= 0.3 is 0 Å². The lowest BCUT2D eigenvalue weighted by molar-refractivity contribution is 0.0710. The van der Waals surface area contributed by atoms with Crippen LogP contribution in [-0.4, -0.2) is 37.0 Å². The van der Waals surface area contributed by atoms with Gasteiger partial charge in [-0.2, -0.15) is 0 Å². The SMILES string of the molecule is Cc1ccc(OCc2ccc(C(=O)N3CCN(c4ccccc4)CC3)o2)cc1. The molecule has 144 valence electrons. The van der Waals surface area contributed by atoms with Crippen LogP contribution in [0.5, 0.6) is 5.75 Å². The Bertz CT molecular complexity index is 911. The summed E-state index contributed by atoms with van der Waals surface area (Å²) < 4.78 is 11.4. The van der Waals surface area contributed by atoms with Crippen molar-refractivity contribution in [2.45, 2.75) is 13.5 Å². The number of hydrogen-bond acceptors (Lipinski definition) is 4. The maximum atomic E-state index is 12.7. The van der Waals surface area contributed by atoms with Gasteiger partial charge in [0.05, 0.1) is 0 Å². The van der Waals surface area contributed by atoms with Gasteiger partial charge in [-0.3, -0.25) is 4.79 Å². The third kappa shape index (κ3) is 4.19. The van der Waals surface area contributed by atoms with Gasteiger partial charge in [-0.25, -0.2) is 0 Å². The molecular weight excluding hydrogens is 352 g/mol. The van der Waals surface area contributed by atoms with Crippen molar-refractivity contribution in [1.82, 2.24) is 4.90 Å². The van der Waals surface area contributed by atoms with Gasteiger partial charge in [0.15, 0.2) is 5.76 Å². The molecule has 1 aromatic heterocycles. The molecule has 2 aromatic carbocycles. The molecule has 28 heavy (non-hydrogen) atoms. The Morgan fingerprint density at radius 1 is 0.929 bits per heavy atom. The van der Waals surface area contributed by atoms with Gasteiger partial charge in [0, 0.05) is 31.9 Å². The van der Waals surface area contributed by atoms with Crippen LogP contribution in [0.4, 0.5) is 5.69 Å². The second-order valence-electron chi connectivity index (χ2n) is 6.98. The Hall–Kier alpha value is -3.21. The summed E-state index contributed by atoms with van der Waals surface area (Å²) in [6.07, 6.45) is 0. The van der Waals surface area contributed by atoms with E-state index >= 15 is 0 Å². The minimum atomic E-state index is -0.0608. The summed E-state index contributed by atoms with van der Waals surface area (Å²) in [4.78, 5) is 16.9. The lowest BCUT2D eigenvalue weighted by Crippen LogP contribution is -2.48. The number of carbonyl (C=O) groups is 1. The number of anilines is 1. The van der Waals surface area contributed by atoms with E-state index in [1.54, 1.807) is 6.07 Å². The zero-order chi connectivity index (χ0) is 19.3. The molecule has 0 atom stereocenters. The summed E-state index contributed by atoms with van der Waals surface area (Å²) in [5, 5.41) is 0. The van der Waals surface area contributed by atoms with E-state index in [1.165, 1.54) is 11.3 Å². The number of benzene rings is 2. The molecule has 0 radical (unpaired) electrons. The zero-order valence-corrected chi connectivity index (χ0v) is 16.0. The number of aryl methyl sites for hydroxylation is 1. The van der Waals surface area contributed by atoms with Crippen molar-refractivity contribution >= 4 is 11.6 Å². The van der Waals surface area contributed by atoms with Crippen molar-refractivity contribution in [2.24, 2.45) is 0 Å². The largest absolute Gasteiger partial charge is 0.486 e. The second-order valence-corrected chi connectivity index (χ2v) is 6.98. The van der Waals surface area contributed by atoms with Crippen LogP contribution in [0, 0.1) is 6.92 Å². The van der Waals surface area contributed by atoms with Gasteiger partial charge in [-0.15, -0.1) is 0 Å². The predicted molar refractivity (Wildman–Crippen MR) is 109 cm³/mol. The fourth-order valence-corrected chi connectivity index (χ4v) is 3.32. The number of para-hydroxylation sites is 1. The quantitative estimate of drug-likeness (QED) is 0.672. The van der Waals surface area contributed by atoms with Crippen LogP contribution >= 0.6 is 0 Å². The van der Waals surface area contributed by atoms with Crippen molar-refractivity contribution in [3.05, 3.63) is 83.8 Å². The third-order valence-electron chi connectivity index (χ3n) is 4.96. The average molecular weight is 376 g/mol. The molecule has 0 saturated carbocycles. The van der Waals surface area contributed by atoms with Crippen molar-refractivity contribution in [3.8, 4) is 5.75 Å². The Morgan fingerprint density at radius 2 is 1.64 bits per heavy atom. The van der Waals surface area contributed by atoms with Gasteiger partial charge in [0.2, 0.25) is 0 Å². The molecule has 1 amide bonds. The molecule has 1 aliphatic heterocycles. The summed E-state index contributed by atoms with van der Waals surface area (Å²) >= 11 is 0. The summed E-state index contributed by atoms with van der Waals surface area (Å²) in [5.74, 6) is 1.74. The van der Waals surface area contributed by atoms with Crippen LogP contribution in [-0.2, 0) is 6.61 Å². The van der Waals surface area contributed by atoms with Crippen molar-refractivity contribution < 1.29 is 13.9 Å².